The van der Waals surface area contributed by atoms with Crippen LogP contribution in [0.5, 0.6) is 11.5 Å². The van der Waals surface area contributed by atoms with Gasteiger partial charge in [-0.05, 0) is 59.0 Å². The molecule has 0 spiro atoms. The molecule has 0 fully saturated rings. The summed E-state index contributed by atoms with van der Waals surface area (Å²) in [5.41, 5.74) is 2.34. The fourth-order valence-corrected chi connectivity index (χ4v) is 3.79. The molecule has 0 aliphatic carbocycles. The van der Waals surface area contributed by atoms with Crippen LogP contribution in [-0.2, 0) is 11.2 Å². The Bertz CT molecular complexity index is 1480. The SMILES string of the molecule is COc1ccc2c(Cc3ccc(/C=C/C(=O)O)cc3)c(-c3ccc(OC(F)(F)F)cc3)c(=O)oc2c1. The van der Waals surface area contributed by atoms with E-state index in [1.54, 1.807) is 42.5 Å². The lowest BCUT2D eigenvalue weighted by molar-refractivity contribution is -0.274. The highest BCUT2D eigenvalue weighted by atomic mass is 19.4. The highest BCUT2D eigenvalue weighted by Crippen LogP contribution is 2.33. The van der Waals surface area contributed by atoms with Gasteiger partial charge in [0.15, 0.2) is 0 Å². The van der Waals surface area contributed by atoms with Crippen molar-refractivity contribution in [2.45, 2.75) is 12.8 Å². The number of benzene rings is 3. The van der Waals surface area contributed by atoms with Crippen LogP contribution in [0.2, 0.25) is 0 Å². The summed E-state index contributed by atoms with van der Waals surface area (Å²) in [6.07, 6.45) is -2.05. The first-order valence-electron chi connectivity index (χ1n) is 10.6. The van der Waals surface area contributed by atoms with E-state index in [0.717, 1.165) is 23.8 Å². The molecular formula is C27H19F3O6. The maximum absolute atomic E-state index is 13.1. The van der Waals surface area contributed by atoms with E-state index in [4.69, 9.17) is 14.3 Å². The minimum Gasteiger partial charge on any atom is -0.497 e. The van der Waals surface area contributed by atoms with E-state index >= 15 is 0 Å². The molecule has 4 aromatic rings. The molecule has 1 heterocycles. The molecule has 0 unspecified atom stereocenters. The molecule has 0 bridgehead atoms. The van der Waals surface area contributed by atoms with Crippen molar-refractivity contribution in [2.24, 2.45) is 0 Å². The molecule has 0 aliphatic rings. The van der Waals surface area contributed by atoms with Crippen LogP contribution in [0.15, 0.2) is 82.0 Å². The van der Waals surface area contributed by atoms with Crippen LogP contribution in [0, 0.1) is 0 Å². The number of hydrogen-bond donors (Lipinski definition) is 1. The second-order valence-electron chi connectivity index (χ2n) is 7.77. The minimum absolute atomic E-state index is 0.209. The van der Waals surface area contributed by atoms with E-state index in [1.165, 1.54) is 25.3 Å². The minimum atomic E-state index is -4.83. The van der Waals surface area contributed by atoms with E-state index < -0.39 is 23.7 Å². The van der Waals surface area contributed by atoms with Gasteiger partial charge in [0, 0.05) is 17.5 Å². The Kier molecular flexibility index (Phi) is 6.82. The van der Waals surface area contributed by atoms with Crippen LogP contribution in [0.3, 0.4) is 0 Å². The topological polar surface area (TPSA) is 86.0 Å². The van der Waals surface area contributed by atoms with Crippen molar-refractivity contribution in [3.05, 3.63) is 99.9 Å². The van der Waals surface area contributed by atoms with Crippen molar-refractivity contribution in [2.75, 3.05) is 7.11 Å². The Morgan fingerprint density at radius 1 is 1.00 bits per heavy atom. The van der Waals surface area contributed by atoms with Crippen molar-refractivity contribution in [1.82, 2.24) is 0 Å². The molecule has 1 aromatic heterocycles. The highest BCUT2D eigenvalue weighted by Gasteiger charge is 2.31. The standard InChI is InChI=1S/C27H19F3O6/c1-34-20-11-12-21-22(14-17-4-2-16(3-5-17)6-13-24(31)32)25(26(33)35-23(21)15-20)18-7-9-19(10-8-18)36-27(28,29)30/h2-13,15H,14H2,1H3,(H,31,32)/b13-6+. The van der Waals surface area contributed by atoms with Crippen molar-refractivity contribution >= 4 is 23.0 Å². The van der Waals surface area contributed by atoms with Crippen molar-refractivity contribution in [1.29, 1.82) is 0 Å². The van der Waals surface area contributed by atoms with E-state index in [1.807, 2.05) is 0 Å². The molecular weight excluding hydrogens is 477 g/mol. The largest absolute Gasteiger partial charge is 0.573 e. The predicted molar refractivity (Wildman–Crippen MR) is 127 cm³/mol. The number of carbonyl (C=O) groups is 1. The molecule has 1 N–H and O–H groups in total. The smallest absolute Gasteiger partial charge is 0.497 e. The second kappa shape index (κ2) is 9.99. The Labute approximate surface area is 202 Å². The molecule has 0 aliphatic heterocycles. The number of methoxy groups -OCH3 is 1. The number of fused-ring (bicyclic) bond motifs is 1. The van der Waals surface area contributed by atoms with Crippen LogP contribution in [-0.4, -0.2) is 24.5 Å². The summed E-state index contributed by atoms with van der Waals surface area (Å²) in [5.74, 6) is -0.978. The van der Waals surface area contributed by atoms with Crippen LogP contribution >= 0.6 is 0 Å². The predicted octanol–water partition coefficient (Wildman–Crippen LogP) is 6.06. The maximum atomic E-state index is 13.1. The van der Waals surface area contributed by atoms with Crippen molar-refractivity contribution < 1.29 is 37.0 Å². The van der Waals surface area contributed by atoms with Crippen molar-refractivity contribution in [3.8, 4) is 22.6 Å². The maximum Gasteiger partial charge on any atom is 0.573 e. The summed E-state index contributed by atoms with van der Waals surface area (Å²) < 4.78 is 52.4. The fraction of sp³-hybridized carbons (Fsp3) is 0.111. The van der Waals surface area contributed by atoms with Crippen LogP contribution in [0.1, 0.15) is 16.7 Å². The first kappa shape index (κ1) is 24.6. The lowest BCUT2D eigenvalue weighted by Crippen LogP contribution is -2.17. The van der Waals surface area contributed by atoms with Gasteiger partial charge in [-0.2, -0.15) is 0 Å². The molecule has 3 aromatic carbocycles. The van der Waals surface area contributed by atoms with Gasteiger partial charge in [-0.1, -0.05) is 36.4 Å². The van der Waals surface area contributed by atoms with Gasteiger partial charge in [0.05, 0.1) is 12.7 Å². The number of hydrogen-bond acceptors (Lipinski definition) is 5. The summed E-state index contributed by atoms with van der Waals surface area (Å²) in [7, 11) is 1.49. The average molecular weight is 496 g/mol. The molecule has 0 amide bonds. The van der Waals surface area contributed by atoms with E-state index in [2.05, 4.69) is 4.74 Å². The van der Waals surface area contributed by atoms with Gasteiger partial charge in [-0.15, -0.1) is 13.2 Å². The molecule has 0 saturated heterocycles. The molecule has 6 nitrogen and oxygen atoms in total. The Morgan fingerprint density at radius 2 is 1.67 bits per heavy atom. The van der Waals surface area contributed by atoms with Gasteiger partial charge in [0.2, 0.25) is 0 Å². The Hall–Kier alpha value is -4.53. The monoisotopic (exact) mass is 496 g/mol. The highest BCUT2D eigenvalue weighted by molar-refractivity contribution is 5.88. The molecule has 4 rings (SSSR count). The van der Waals surface area contributed by atoms with E-state index in [0.29, 0.717) is 39.8 Å². The van der Waals surface area contributed by atoms with Gasteiger partial charge in [-0.25, -0.2) is 9.59 Å². The zero-order valence-electron chi connectivity index (χ0n) is 18.8. The van der Waals surface area contributed by atoms with Crippen LogP contribution in [0.4, 0.5) is 13.2 Å². The lowest BCUT2D eigenvalue weighted by Gasteiger charge is -2.14. The number of carboxylic acid groups (broad SMARTS) is 1. The van der Waals surface area contributed by atoms with Gasteiger partial charge in [0.25, 0.3) is 0 Å². The summed E-state index contributed by atoms with van der Waals surface area (Å²) in [4.78, 5) is 23.8. The first-order valence-corrected chi connectivity index (χ1v) is 10.6. The molecule has 9 heteroatoms. The third-order valence-corrected chi connectivity index (χ3v) is 5.38. The third kappa shape index (κ3) is 5.75. The fourth-order valence-electron chi connectivity index (χ4n) is 3.79. The normalized spacial score (nSPS) is 11.7. The van der Waals surface area contributed by atoms with Gasteiger partial charge < -0.3 is 19.0 Å². The number of aliphatic carboxylic acids is 1. The molecule has 184 valence electrons. The van der Waals surface area contributed by atoms with Crippen LogP contribution < -0.4 is 15.1 Å². The molecule has 0 radical (unpaired) electrons. The Balaban J connectivity index is 1.81. The van der Waals surface area contributed by atoms with Crippen molar-refractivity contribution in [3.63, 3.8) is 0 Å². The molecule has 0 atom stereocenters. The lowest BCUT2D eigenvalue weighted by atomic mass is 9.93. The summed E-state index contributed by atoms with van der Waals surface area (Å²) in [5, 5.41) is 9.44. The van der Waals surface area contributed by atoms with E-state index in [9.17, 15) is 22.8 Å². The number of carboxylic acids is 1. The zero-order valence-corrected chi connectivity index (χ0v) is 18.8. The quantitative estimate of drug-likeness (QED) is 0.247. The molecule has 0 saturated carbocycles. The second-order valence-corrected chi connectivity index (χ2v) is 7.77. The number of ether oxygens (including phenoxy) is 2. The van der Waals surface area contributed by atoms with Gasteiger partial charge in [-0.3, -0.25) is 0 Å². The number of halogens is 3. The zero-order chi connectivity index (χ0) is 25.9. The third-order valence-electron chi connectivity index (χ3n) is 5.38. The van der Waals surface area contributed by atoms with Crippen LogP contribution in [0.25, 0.3) is 28.2 Å². The first-order chi connectivity index (χ1) is 17.1. The summed E-state index contributed by atoms with van der Waals surface area (Å²) in [6.45, 7) is 0. The summed E-state index contributed by atoms with van der Waals surface area (Å²) >= 11 is 0. The number of rotatable bonds is 7. The average Bonchev–Trinajstić information content (AvgIpc) is 2.83. The Morgan fingerprint density at radius 3 is 2.28 bits per heavy atom. The molecule has 36 heavy (non-hydrogen) atoms. The summed E-state index contributed by atoms with van der Waals surface area (Å²) in [6, 6.07) is 17.1. The van der Waals surface area contributed by atoms with Gasteiger partial charge >= 0.3 is 18.0 Å². The number of alkyl halides is 3. The van der Waals surface area contributed by atoms with Gasteiger partial charge in [0.1, 0.15) is 17.1 Å². The van der Waals surface area contributed by atoms with E-state index in [-0.39, 0.29) is 5.56 Å².